The molecule has 0 aliphatic rings. The summed E-state index contributed by atoms with van der Waals surface area (Å²) in [4.78, 5) is 4.42. The molecule has 0 amide bonds. The van der Waals surface area contributed by atoms with Crippen LogP contribution in [0.2, 0.25) is 0 Å². The number of nitrogens with one attached hydrogen (secondary N) is 1. The smallest absolute Gasteiger partial charge is 0.243 e. The molecule has 0 fully saturated rings. The molecule has 28 heavy (non-hydrogen) atoms. The third-order valence-corrected chi connectivity index (χ3v) is 3.90. The van der Waals surface area contributed by atoms with Gasteiger partial charge in [-0.3, -0.25) is 0 Å². The van der Waals surface area contributed by atoms with Crippen molar-refractivity contribution in [1.29, 1.82) is 0 Å². The van der Waals surface area contributed by atoms with Crippen LogP contribution in [0.25, 0.3) is 11.3 Å². The number of hydrogen-bond acceptors (Lipinski definition) is 8. The second kappa shape index (κ2) is 9.52. The van der Waals surface area contributed by atoms with Crippen LogP contribution in [0.3, 0.4) is 0 Å². The molecule has 1 aromatic heterocycles. The zero-order valence-corrected chi connectivity index (χ0v) is 15.7. The fourth-order valence-corrected chi connectivity index (χ4v) is 2.45. The Labute approximate surface area is 163 Å². The lowest BCUT2D eigenvalue weighted by molar-refractivity contribution is 0.117. The van der Waals surface area contributed by atoms with Crippen LogP contribution in [0.4, 0.5) is 5.95 Å². The largest absolute Gasteiger partial charge is 0.497 e. The minimum Gasteiger partial charge on any atom is -0.497 e. The number of rotatable bonds is 9. The first-order valence-electron chi connectivity index (χ1n) is 8.71. The van der Waals surface area contributed by atoms with Gasteiger partial charge < -0.3 is 24.6 Å². The zero-order valence-electron chi connectivity index (χ0n) is 15.7. The van der Waals surface area contributed by atoms with Crippen molar-refractivity contribution in [2.75, 3.05) is 32.7 Å². The van der Waals surface area contributed by atoms with E-state index in [0.717, 1.165) is 11.3 Å². The highest BCUT2D eigenvalue weighted by atomic mass is 16.5. The Bertz CT molecular complexity index is 907. The van der Waals surface area contributed by atoms with E-state index < -0.39 is 6.10 Å². The molecular formula is C20H22N4O4. The Morgan fingerprint density at radius 1 is 1.00 bits per heavy atom. The molecule has 0 aliphatic heterocycles. The third-order valence-electron chi connectivity index (χ3n) is 3.90. The number of hydrogen-bond donors (Lipinski definition) is 2. The van der Waals surface area contributed by atoms with E-state index in [1.807, 2.05) is 36.4 Å². The van der Waals surface area contributed by atoms with Gasteiger partial charge in [0.2, 0.25) is 5.95 Å². The summed E-state index contributed by atoms with van der Waals surface area (Å²) in [6.07, 6.45) is 0.817. The first kappa shape index (κ1) is 19.4. The van der Waals surface area contributed by atoms with Crippen molar-refractivity contribution >= 4 is 5.95 Å². The fourth-order valence-electron chi connectivity index (χ4n) is 2.45. The lowest BCUT2D eigenvalue weighted by Crippen LogP contribution is -2.27. The second-order valence-electron chi connectivity index (χ2n) is 5.92. The lowest BCUT2D eigenvalue weighted by Gasteiger charge is -2.14. The van der Waals surface area contributed by atoms with Gasteiger partial charge in [-0.15, -0.1) is 5.10 Å². The molecule has 0 spiro atoms. The predicted octanol–water partition coefficient (Wildman–Crippen LogP) is 2.41. The quantitative estimate of drug-likeness (QED) is 0.582. The van der Waals surface area contributed by atoms with Crippen LogP contribution in [0.1, 0.15) is 0 Å². The topological polar surface area (TPSA) is 98.6 Å². The maximum Gasteiger partial charge on any atom is 0.243 e. The van der Waals surface area contributed by atoms with Crippen molar-refractivity contribution < 1.29 is 19.3 Å². The maximum atomic E-state index is 10.1. The summed E-state index contributed by atoms with van der Waals surface area (Å²) in [5, 5.41) is 21.0. The maximum absolute atomic E-state index is 10.1. The molecule has 1 atom stereocenters. The summed E-state index contributed by atoms with van der Waals surface area (Å²) in [7, 11) is 3.20. The number of anilines is 1. The van der Waals surface area contributed by atoms with Crippen molar-refractivity contribution in [3.8, 4) is 28.5 Å². The SMILES string of the molecule is COc1cccc(OCC(O)CNc2nncc(-c3cccc(OC)c3)n2)c1. The van der Waals surface area contributed by atoms with Crippen molar-refractivity contribution in [2.45, 2.75) is 6.10 Å². The lowest BCUT2D eigenvalue weighted by atomic mass is 10.1. The van der Waals surface area contributed by atoms with Crippen molar-refractivity contribution in [1.82, 2.24) is 15.2 Å². The summed E-state index contributed by atoms with van der Waals surface area (Å²) >= 11 is 0. The average molecular weight is 382 g/mol. The average Bonchev–Trinajstić information content (AvgIpc) is 2.76. The van der Waals surface area contributed by atoms with Crippen molar-refractivity contribution in [3.63, 3.8) is 0 Å². The molecule has 8 nitrogen and oxygen atoms in total. The Kier molecular flexibility index (Phi) is 6.59. The highest BCUT2D eigenvalue weighted by Gasteiger charge is 2.09. The molecule has 0 radical (unpaired) electrons. The van der Waals surface area contributed by atoms with Gasteiger partial charge in [-0.25, -0.2) is 4.98 Å². The first-order chi connectivity index (χ1) is 13.7. The van der Waals surface area contributed by atoms with E-state index >= 15 is 0 Å². The van der Waals surface area contributed by atoms with E-state index in [4.69, 9.17) is 14.2 Å². The van der Waals surface area contributed by atoms with E-state index in [9.17, 15) is 5.11 Å². The van der Waals surface area contributed by atoms with Crippen LogP contribution < -0.4 is 19.5 Å². The number of ether oxygens (including phenoxy) is 3. The number of nitrogens with zero attached hydrogens (tertiary/aromatic N) is 3. The number of aliphatic hydroxyl groups excluding tert-OH is 1. The van der Waals surface area contributed by atoms with Gasteiger partial charge in [-0.05, 0) is 24.3 Å². The molecule has 2 N–H and O–H groups in total. The molecule has 0 aliphatic carbocycles. The van der Waals surface area contributed by atoms with E-state index in [1.165, 1.54) is 0 Å². The first-order valence-corrected chi connectivity index (χ1v) is 8.71. The van der Waals surface area contributed by atoms with Crippen molar-refractivity contribution in [3.05, 3.63) is 54.7 Å². The zero-order chi connectivity index (χ0) is 19.8. The summed E-state index contributed by atoms with van der Waals surface area (Å²) in [6.45, 7) is 0.330. The van der Waals surface area contributed by atoms with Crippen LogP contribution in [-0.2, 0) is 0 Å². The van der Waals surface area contributed by atoms with Crippen LogP contribution in [0, 0.1) is 0 Å². The molecule has 8 heteroatoms. The Balaban J connectivity index is 1.55. The molecule has 0 saturated heterocycles. The third kappa shape index (κ3) is 5.31. The van der Waals surface area contributed by atoms with Crippen LogP contribution in [0.15, 0.2) is 54.7 Å². The Morgan fingerprint density at radius 3 is 2.50 bits per heavy atom. The molecular weight excluding hydrogens is 360 g/mol. The number of methoxy groups -OCH3 is 2. The summed E-state index contributed by atoms with van der Waals surface area (Å²) < 4.78 is 15.9. The molecule has 146 valence electrons. The van der Waals surface area contributed by atoms with E-state index in [-0.39, 0.29) is 13.2 Å². The van der Waals surface area contributed by atoms with Gasteiger partial charge in [0.15, 0.2) is 0 Å². The minimum atomic E-state index is -0.754. The Hall–Kier alpha value is -3.39. The molecule has 3 rings (SSSR count). The molecule has 1 unspecified atom stereocenters. The van der Waals surface area contributed by atoms with E-state index in [2.05, 4.69) is 20.5 Å². The number of benzene rings is 2. The molecule has 0 bridgehead atoms. The van der Waals surface area contributed by atoms with Crippen LogP contribution in [-0.4, -0.2) is 53.8 Å². The highest BCUT2D eigenvalue weighted by Crippen LogP contribution is 2.22. The summed E-state index contributed by atoms with van der Waals surface area (Å²) in [6, 6.07) is 14.7. The van der Waals surface area contributed by atoms with Gasteiger partial charge in [-0.1, -0.05) is 18.2 Å². The van der Waals surface area contributed by atoms with Crippen molar-refractivity contribution in [2.24, 2.45) is 0 Å². The predicted molar refractivity (Wildman–Crippen MR) is 105 cm³/mol. The monoisotopic (exact) mass is 382 g/mol. The van der Waals surface area contributed by atoms with Gasteiger partial charge in [0.25, 0.3) is 0 Å². The van der Waals surface area contributed by atoms with Gasteiger partial charge >= 0.3 is 0 Å². The number of aromatic nitrogens is 3. The highest BCUT2D eigenvalue weighted by molar-refractivity contribution is 5.61. The molecule has 2 aromatic carbocycles. The molecule has 0 saturated carbocycles. The fraction of sp³-hybridized carbons (Fsp3) is 0.250. The Morgan fingerprint density at radius 2 is 1.71 bits per heavy atom. The summed E-state index contributed by atoms with van der Waals surface area (Å²) in [5.74, 6) is 2.37. The van der Waals surface area contributed by atoms with Gasteiger partial charge in [0.05, 0.1) is 26.1 Å². The minimum absolute atomic E-state index is 0.114. The van der Waals surface area contributed by atoms with Crippen LogP contribution >= 0.6 is 0 Å². The van der Waals surface area contributed by atoms with Gasteiger partial charge in [-0.2, -0.15) is 5.10 Å². The van der Waals surface area contributed by atoms with E-state index in [0.29, 0.717) is 23.1 Å². The normalized spacial score (nSPS) is 11.5. The van der Waals surface area contributed by atoms with Gasteiger partial charge in [0.1, 0.15) is 30.0 Å². The standard InChI is InChI=1S/C20H22N4O4/c1-26-16-6-3-5-14(9-16)19-12-22-24-20(23-19)21-11-15(25)13-28-18-8-4-7-17(10-18)27-2/h3-10,12,15,25H,11,13H2,1-2H3,(H,21,23,24). The molecule has 1 heterocycles. The van der Waals surface area contributed by atoms with Crippen LogP contribution in [0.5, 0.6) is 17.2 Å². The molecule has 3 aromatic rings. The second-order valence-corrected chi connectivity index (χ2v) is 5.92. The summed E-state index contributed by atoms with van der Waals surface area (Å²) in [5.41, 5.74) is 1.51. The van der Waals surface area contributed by atoms with Gasteiger partial charge in [0, 0.05) is 18.2 Å². The van der Waals surface area contributed by atoms with E-state index in [1.54, 1.807) is 32.5 Å². The number of aliphatic hydroxyl groups is 1.